The van der Waals surface area contributed by atoms with E-state index in [0.29, 0.717) is 11.1 Å². The summed E-state index contributed by atoms with van der Waals surface area (Å²) in [7, 11) is -5.15. The van der Waals surface area contributed by atoms with Gasteiger partial charge >= 0.3 is 10.5 Å². The van der Waals surface area contributed by atoms with Crippen molar-refractivity contribution in [1.29, 1.82) is 0 Å². The zero-order valence-electron chi connectivity index (χ0n) is 9.71. The fourth-order valence-corrected chi connectivity index (χ4v) is 1.96. The Bertz CT molecular complexity index is 623. The minimum atomic E-state index is -5.15. The predicted molar refractivity (Wildman–Crippen MR) is 63.3 cm³/mol. The summed E-state index contributed by atoms with van der Waals surface area (Å²) in [5, 5.41) is 3.37. The number of nitrogens with two attached hydrogens (primary N) is 1. The van der Waals surface area contributed by atoms with E-state index >= 15 is 0 Å². The molecule has 0 fully saturated rings. The van der Waals surface area contributed by atoms with E-state index in [-0.39, 0.29) is 23.5 Å². The molecule has 0 radical (unpaired) electrons. The standard InChI is InChI=1S/C9H11FN4O3S/c1-5-7(4-11)3-8(13-14-12)6(2)9(5)17-18(10,15)16/h3H,4,11H2,1-2H3. The number of hydrogen-bond donors (Lipinski definition) is 1. The molecule has 1 aromatic rings. The summed E-state index contributed by atoms with van der Waals surface area (Å²) < 4.78 is 38.0. The van der Waals surface area contributed by atoms with Crippen LogP contribution in [-0.4, -0.2) is 8.42 Å². The first kappa shape index (κ1) is 14.2. The Balaban J connectivity index is 3.56. The molecule has 0 saturated heterocycles. The van der Waals surface area contributed by atoms with Gasteiger partial charge in [-0.1, -0.05) is 9.00 Å². The number of benzene rings is 1. The Morgan fingerprint density at radius 3 is 2.56 bits per heavy atom. The van der Waals surface area contributed by atoms with Gasteiger partial charge in [0.05, 0.1) is 0 Å². The van der Waals surface area contributed by atoms with Gasteiger partial charge in [-0.3, -0.25) is 0 Å². The molecule has 0 aliphatic heterocycles. The van der Waals surface area contributed by atoms with Gasteiger partial charge in [-0.15, -0.1) is 0 Å². The van der Waals surface area contributed by atoms with Crippen LogP contribution in [0.15, 0.2) is 11.2 Å². The van der Waals surface area contributed by atoms with E-state index in [1.54, 1.807) is 0 Å². The lowest BCUT2D eigenvalue weighted by Gasteiger charge is -2.14. The van der Waals surface area contributed by atoms with Crippen LogP contribution in [0, 0.1) is 13.8 Å². The van der Waals surface area contributed by atoms with E-state index in [1.807, 2.05) is 0 Å². The Morgan fingerprint density at radius 2 is 2.11 bits per heavy atom. The fourth-order valence-electron chi connectivity index (χ4n) is 1.51. The maximum atomic E-state index is 12.6. The largest absolute Gasteiger partial charge is 0.488 e. The molecule has 0 unspecified atom stereocenters. The Hall–Kier alpha value is -1.83. The van der Waals surface area contributed by atoms with E-state index in [1.165, 1.54) is 19.9 Å². The molecule has 0 spiro atoms. The van der Waals surface area contributed by atoms with Crippen molar-refractivity contribution in [2.75, 3.05) is 0 Å². The molecule has 2 N–H and O–H groups in total. The fraction of sp³-hybridized carbons (Fsp3) is 0.333. The van der Waals surface area contributed by atoms with Crippen molar-refractivity contribution in [2.45, 2.75) is 20.4 Å². The van der Waals surface area contributed by atoms with Crippen LogP contribution < -0.4 is 9.92 Å². The van der Waals surface area contributed by atoms with Gasteiger partial charge in [-0.05, 0) is 36.6 Å². The van der Waals surface area contributed by atoms with Gasteiger partial charge in [-0.25, -0.2) is 0 Å². The van der Waals surface area contributed by atoms with Gasteiger partial charge in [0.1, 0.15) is 0 Å². The molecule has 9 heteroatoms. The molecule has 0 aromatic heterocycles. The highest BCUT2D eigenvalue weighted by atomic mass is 32.3. The average molecular weight is 274 g/mol. The number of rotatable bonds is 4. The highest BCUT2D eigenvalue weighted by molar-refractivity contribution is 7.81. The highest BCUT2D eigenvalue weighted by Gasteiger charge is 2.18. The minimum Gasteiger partial charge on any atom is -0.358 e. The smallest absolute Gasteiger partial charge is 0.358 e. The monoisotopic (exact) mass is 274 g/mol. The van der Waals surface area contributed by atoms with Gasteiger partial charge < -0.3 is 9.92 Å². The number of nitrogens with zero attached hydrogens (tertiary/aromatic N) is 3. The minimum absolute atomic E-state index is 0.0722. The highest BCUT2D eigenvalue weighted by Crippen LogP contribution is 2.35. The first-order chi connectivity index (χ1) is 8.30. The predicted octanol–water partition coefficient (Wildman–Crippen LogP) is 2.30. The third kappa shape index (κ3) is 3.10. The maximum absolute atomic E-state index is 12.6. The van der Waals surface area contributed by atoms with Crippen molar-refractivity contribution in [3.05, 3.63) is 33.2 Å². The molecule has 1 aromatic carbocycles. The summed E-state index contributed by atoms with van der Waals surface area (Å²) in [6.07, 6.45) is 0. The number of hydrogen-bond acceptors (Lipinski definition) is 5. The summed E-state index contributed by atoms with van der Waals surface area (Å²) in [5.41, 5.74) is 15.1. The van der Waals surface area contributed by atoms with Crippen LogP contribution in [0.4, 0.5) is 9.57 Å². The molecule has 0 amide bonds. The van der Waals surface area contributed by atoms with Crippen molar-refractivity contribution in [2.24, 2.45) is 10.8 Å². The Kier molecular flexibility index (Phi) is 4.12. The lowest BCUT2D eigenvalue weighted by molar-refractivity contribution is 0.437. The first-order valence-corrected chi connectivity index (χ1v) is 6.13. The van der Waals surface area contributed by atoms with Crippen molar-refractivity contribution in [3.8, 4) is 5.75 Å². The van der Waals surface area contributed by atoms with Crippen LogP contribution in [0.1, 0.15) is 16.7 Å². The molecule has 0 heterocycles. The molecule has 0 atom stereocenters. The third-order valence-corrected chi connectivity index (χ3v) is 2.78. The molecule has 0 aliphatic rings. The van der Waals surface area contributed by atoms with Crippen molar-refractivity contribution >= 4 is 16.2 Å². The van der Waals surface area contributed by atoms with Gasteiger partial charge in [0.15, 0.2) is 5.75 Å². The van der Waals surface area contributed by atoms with Crippen LogP contribution in [0.2, 0.25) is 0 Å². The summed E-state index contributed by atoms with van der Waals surface area (Å²) in [6.45, 7) is 3.07. The third-order valence-electron chi connectivity index (χ3n) is 2.41. The number of azide groups is 1. The summed E-state index contributed by atoms with van der Waals surface area (Å²) in [5.74, 6) is -0.206. The average Bonchev–Trinajstić information content (AvgIpc) is 2.27. The quantitative estimate of drug-likeness (QED) is 0.392. The molecule has 0 bridgehead atoms. The summed E-state index contributed by atoms with van der Waals surface area (Å²) in [6, 6.07) is 1.50. The molecular weight excluding hydrogens is 263 g/mol. The first-order valence-electron chi connectivity index (χ1n) is 4.82. The van der Waals surface area contributed by atoms with Gasteiger partial charge in [0, 0.05) is 22.7 Å². The molecule has 0 aliphatic carbocycles. The zero-order valence-corrected chi connectivity index (χ0v) is 10.5. The van der Waals surface area contributed by atoms with E-state index in [9.17, 15) is 12.3 Å². The lowest BCUT2D eigenvalue weighted by Crippen LogP contribution is -2.07. The molecule has 18 heavy (non-hydrogen) atoms. The van der Waals surface area contributed by atoms with Crippen LogP contribution in [-0.2, 0) is 17.0 Å². The Labute approximate surface area is 103 Å². The van der Waals surface area contributed by atoms with Crippen LogP contribution in [0.5, 0.6) is 5.75 Å². The molecular formula is C9H11FN4O3S. The normalized spacial score (nSPS) is 10.9. The topological polar surface area (TPSA) is 118 Å². The SMILES string of the molecule is Cc1c(CN)cc(N=[N+]=[N-])c(C)c1OS(=O)(=O)F. The molecule has 1 rings (SSSR count). The van der Waals surface area contributed by atoms with Crippen molar-refractivity contribution < 1.29 is 16.5 Å². The van der Waals surface area contributed by atoms with E-state index in [2.05, 4.69) is 14.2 Å². The van der Waals surface area contributed by atoms with Crippen molar-refractivity contribution in [1.82, 2.24) is 0 Å². The van der Waals surface area contributed by atoms with E-state index in [0.717, 1.165) is 0 Å². The van der Waals surface area contributed by atoms with Gasteiger partial charge in [-0.2, -0.15) is 8.42 Å². The van der Waals surface area contributed by atoms with Crippen molar-refractivity contribution in [3.63, 3.8) is 0 Å². The van der Waals surface area contributed by atoms with Gasteiger partial charge in [0.2, 0.25) is 0 Å². The second-order valence-electron chi connectivity index (χ2n) is 3.50. The Morgan fingerprint density at radius 1 is 1.50 bits per heavy atom. The molecule has 98 valence electrons. The number of halogens is 1. The van der Waals surface area contributed by atoms with E-state index < -0.39 is 10.5 Å². The lowest BCUT2D eigenvalue weighted by atomic mass is 10.0. The second kappa shape index (κ2) is 5.21. The van der Waals surface area contributed by atoms with Crippen LogP contribution in [0.25, 0.3) is 10.4 Å². The molecule has 0 saturated carbocycles. The zero-order chi connectivity index (χ0) is 13.9. The second-order valence-corrected chi connectivity index (χ2v) is 4.46. The maximum Gasteiger partial charge on any atom is 0.488 e. The van der Waals surface area contributed by atoms with E-state index in [4.69, 9.17) is 11.3 Å². The van der Waals surface area contributed by atoms with Gasteiger partial charge in [0.25, 0.3) is 0 Å². The van der Waals surface area contributed by atoms with Crippen LogP contribution >= 0.6 is 0 Å². The summed E-state index contributed by atoms with van der Waals surface area (Å²) in [4.78, 5) is 2.59. The molecule has 7 nitrogen and oxygen atoms in total. The van der Waals surface area contributed by atoms with Crippen LogP contribution in [0.3, 0.4) is 0 Å². The summed E-state index contributed by atoms with van der Waals surface area (Å²) >= 11 is 0.